The molecule has 1 saturated heterocycles. The number of hydrogen-bond acceptors (Lipinski definition) is 6. The van der Waals surface area contributed by atoms with Crippen LogP contribution in [0.5, 0.6) is 0 Å². The van der Waals surface area contributed by atoms with Crippen molar-refractivity contribution in [1.29, 1.82) is 0 Å². The fourth-order valence-electron chi connectivity index (χ4n) is 2.55. The first-order chi connectivity index (χ1) is 11.7. The number of aromatic nitrogens is 2. The van der Waals surface area contributed by atoms with Crippen molar-refractivity contribution < 1.29 is 9.53 Å². The number of nitrogens with one attached hydrogen (secondary N) is 1. The third-order valence-electron chi connectivity index (χ3n) is 3.93. The molecule has 8 heteroatoms. The number of carbonyl (C=O) groups excluding carboxylic acids is 1. The van der Waals surface area contributed by atoms with Gasteiger partial charge in [0, 0.05) is 19.2 Å². The maximum Gasteiger partial charge on any atom is 0.241 e. The fourth-order valence-corrected chi connectivity index (χ4v) is 2.55. The zero-order chi connectivity index (χ0) is 16.8. The minimum Gasteiger partial charge on any atom is -0.378 e. The summed E-state index contributed by atoms with van der Waals surface area (Å²) >= 11 is 0. The van der Waals surface area contributed by atoms with Crippen LogP contribution in [0.15, 0.2) is 42.7 Å². The van der Waals surface area contributed by atoms with Crippen LogP contribution < -0.4 is 16.0 Å². The maximum atomic E-state index is 12.2. The summed E-state index contributed by atoms with van der Waals surface area (Å²) in [6.07, 6.45) is 1.52. The lowest BCUT2D eigenvalue weighted by Crippen LogP contribution is -2.37. The Hall–Kier alpha value is -2.22. The topological polar surface area (TPSA) is 93.4 Å². The Morgan fingerprint density at radius 1 is 1.24 bits per heavy atom. The number of carbonyl (C=O) groups is 1. The number of ether oxygens (including phenoxy) is 1. The summed E-state index contributed by atoms with van der Waals surface area (Å²) < 4.78 is 5.34. The van der Waals surface area contributed by atoms with Crippen LogP contribution in [-0.4, -0.2) is 42.2 Å². The lowest BCUT2D eigenvalue weighted by atomic mass is 10.1. The highest BCUT2D eigenvalue weighted by Gasteiger charge is 2.16. The van der Waals surface area contributed by atoms with Crippen LogP contribution in [0.4, 0.5) is 5.82 Å². The molecule has 0 saturated carbocycles. The molecule has 1 fully saturated rings. The smallest absolute Gasteiger partial charge is 0.241 e. The SMILES string of the molecule is Cl.N[C@@H](C(=O)NCc1cc(N2CCOCC2)ncn1)c1ccccc1. The second-order valence-electron chi connectivity index (χ2n) is 5.57. The van der Waals surface area contributed by atoms with Crippen LogP contribution in [0, 0.1) is 0 Å². The molecule has 1 aromatic heterocycles. The molecule has 3 rings (SSSR count). The minimum absolute atomic E-state index is 0. The minimum atomic E-state index is -0.688. The molecule has 1 amide bonds. The van der Waals surface area contributed by atoms with Gasteiger partial charge in [-0.25, -0.2) is 9.97 Å². The number of morpholine rings is 1. The molecule has 3 N–H and O–H groups in total. The van der Waals surface area contributed by atoms with E-state index in [1.54, 1.807) is 0 Å². The summed E-state index contributed by atoms with van der Waals surface area (Å²) in [5, 5.41) is 2.83. The average Bonchev–Trinajstić information content (AvgIpc) is 2.67. The monoisotopic (exact) mass is 363 g/mol. The highest BCUT2D eigenvalue weighted by molar-refractivity contribution is 5.85. The summed E-state index contributed by atoms with van der Waals surface area (Å²) in [6.45, 7) is 3.33. The third kappa shape index (κ3) is 5.12. The predicted molar refractivity (Wildman–Crippen MR) is 97.5 cm³/mol. The van der Waals surface area contributed by atoms with Gasteiger partial charge in [0.1, 0.15) is 18.2 Å². The zero-order valence-electron chi connectivity index (χ0n) is 13.8. The Morgan fingerprint density at radius 3 is 2.68 bits per heavy atom. The molecule has 1 atom stereocenters. The molecular formula is C17H22ClN5O2. The summed E-state index contributed by atoms with van der Waals surface area (Å²) in [5.41, 5.74) is 7.52. The first-order valence-electron chi connectivity index (χ1n) is 7.96. The van der Waals surface area contributed by atoms with Crippen LogP contribution in [0.3, 0.4) is 0 Å². The van der Waals surface area contributed by atoms with Crippen molar-refractivity contribution in [3.63, 3.8) is 0 Å². The van der Waals surface area contributed by atoms with Gasteiger partial charge in [0.15, 0.2) is 0 Å². The van der Waals surface area contributed by atoms with Gasteiger partial charge < -0.3 is 20.7 Å². The number of nitrogens with two attached hydrogens (primary N) is 1. The van der Waals surface area contributed by atoms with E-state index in [0.29, 0.717) is 19.8 Å². The Morgan fingerprint density at radius 2 is 1.96 bits per heavy atom. The number of halogens is 1. The Bertz CT molecular complexity index is 680. The van der Waals surface area contributed by atoms with Gasteiger partial charge in [0.2, 0.25) is 5.91 Å². The van der Waals surface area contributed by atoms with Crippen molar-refractivity contribution in [2.24, 2.45) is 5.73 Å². The zero-order valence-corrected chi connectivity index (χ0v) is 14.6. The van der Waals surface area contributed by atoms with Gasteiger partial charge in [0.25, 0.3) is 0 Å². The first kappa shape index (κ1) is 19.1. The summed E-state index contributed by atoms with van der Waals surface area (Å²) in [4.78, 5) is 22.9. The van der Waals surface area contributed by atoms with Gasteiger partial charge in [0.05, 0.1) is 25.5 Å². The standard InChI is InChI=1S/C17H21N5O2.ClH/c18-16(13-4-2-1-3-5-13)17(23)19-11-14-10-15(21-12-20-14)22-6-8-24-9-7-22;/h1-5,10,12,16H,6-9,11,18H2,(H,19,23);1H/t16-;/m1./s1. The van der Waals surface area contributed by atoms with E-state index in [1.165, 1.54) is 6.33 Å². The molecule has 0 radical (unpaired) electrons. The van der Waals surface area contributed by atoms with Gasteiger partial charge in [-0.3, -0.25) is 4.79 Å². The van der Waals surface area contributed by atoms with E-state index in [9.17, 15) is 4.79 Å². The van der Waals surface area contributed by atoms with Crippen molar-refractivity contribution >= 4 is 24.1 Å². The van der Waals surface area contributed by atoms with Crippen LogP contribution >= 0.6 is 12.4 Å². The third-order valence-corrected chi connectivity index (χ3v) is 3.93. The van der Waals surface area contributed by atoms with Crippen LogP contribution in [0.1, 0.15) is 17.3 Å². The van der Waals surface area contributed by atoms with E-state index in [-0.39, 0.29) is 18.3 Å². The van der Waals surface area contributed by atoms with Gasteiger partial charge >= 0.3 is 0 Å². The normalized spacial score (nSPS) is 15.2. The van der Waals surface area contributed by atoms with Crippen LogP contribution in [-0.2, 0) is 16.1 Å². The number of amides is 1. The predicted octanol–water partition coefficient (Wildman–Crippen LogP) is 1.05. The molecule has 25 heavy (non-hydrogen) atoms. The van der Waals surface area contributed by atoms with Gasteiger partial charge in [-0.15, -0.1) is 12.4 Å². The molecule has 1 aromatic carbocycles. The number of anilines is 1. The van der Waals surface area contributed by atoms with E-state index in [4.69, 9.17) is 10.5 Å². The van der Waals surface area contributed by atoms with E-state index in [1.807, 2.05) is 36.4 Å². The highest BCUT2D eigenvalue weighted by atomic mass is 35.5. The molecule has 2 aromatic rings. The lowest BCUT2D eigenvalue weighted by Gasteiger charge is -2.27. The molecule has 7 nitrogen and oxygen atoms in total. The van der Waals surface area contributed by atoms with E-state index in [2.05, 4.69) is 20.2 Å². The number of hydrogen-bond donors (Lipinski definition) is 2. The molecule has 1 aliphatic heterocycles. The lowest BCUT2D eigenvalue weighted by molar-refractivity contribution is -0.122. The first-order valence-corrected chi connectivity index (χ1v) is 7.96. The van der Waals surface area contributed by atoms with Gasteiger partial charge in [-0.2, -0.15) is 0 Å². The number of benzene rings is 1. The van der Waals surface area contributed by atoms with Crippen molar-refractivity contribution in [2.75, 3.05) is 31.2 Å². The van der Waals surface area contributed by atoms with E-state index >= 15 is 0 Å². The molecule has 0 aliphatic carbocycles. The maximum absolute atomic E-state index is 12.2. The average molecular weight is 364 g/mol. The second-order valence-corrected chi connectivity index (χ2v) is 5.57. The Kier molecular flexibility index (Phi) is 7.12. The molecule has 0 bridgehead atoms. The van der Waals surface area contributed by atoms with Crippen molar-refractivity contribution in [2.45, 2.75) is 12.6 Å². The Labute approximate surface area is 153 Å². The van der Waals surface area contributed by atoms with Gasteiger partial charge in [-0.05, 0) is 5.56 Å². The largest absolute Gasteiger partial charge is 0.378 e. The quantitative estimate of drug-likeness (QED) is 0.824. The molecule has 1 aliphatic rings. The van der Waals surface area contributed by atoms with Crippen molar-refractivity contribution in [1.82, 2.24) is 15.3 Å². The van der Waals surface area contributed by atoms with Crippen LogP contribution in [0.2, 0.25) is 0 Å². The summed E-state index contributed by atoms with van der Waals surface area (Å²) in [6, 6.07) is 10.5. The van der Waals surface area contributed by atoms with Crippen molar-refractivity contribution in [3.8, 4) is 0 Å². The molecule has 134 valence electrons. The highest BCUT2D eigenvalue weighted by Crippen LogP contribution is 2.13. The Balaban J connectivity index is 0.00000225. The van der Waals surface area contributed by atoms with E-state index < -0.39 is 6.04 Å². The molecule has 2 heterocycles. The second kappa shape index (κ2) is 9.31. The molecule has 0 spiro atoms. The number of nitrogens with zero attached hydrogens (tertiary/aromatic N) is 3. The van der Waals surface area contributed by atoms with Gasteiger partial charge in [-0.1, -0.05) is 30.3 Å². The fraction of sp³-hybridized carbons (Fsp3) is 0.353. The van der Waals surface area contributed by atoms with E-state index in [0.717, 1.165) is 30.2 Å². The molecule has 0 unspecified atom stereocenters. The molecular weight excluding hydrogens is 342 g/mol. The summed E-state index contributed by atoms with van der Waals surface area (Å²) in [7, 11) is 0. The summed E-state index contributed by atoms with van der Waals surface area (Å²) in [5.74, 6) is 0.623. The number of rotatable bonds is 5. The van der Waals surface area contributed by atoms with Crippen LogP contribution in [0.25, 0.3) is 0 Å². The van der Waals surface area contributed by atoms with Crippen molar-refractivity contribution in [3.05, 3.63) is 54.0 Å².